The summed E-state index contributed by atoms with van der Waals surface area (Å²) in [5, 5.41) is 0. The maximum absolute atomic E-state index is 2.89. The van der Waals surface area contributed by atoms with Crippen molar-refractivity contribution in [2.45, 2.75) is 138 Å². The molecule has 0 nitrogen and oxygen atoms in total. The van der Waals surface area contributed by atoms with Gasteiger partial charge in [-0.15, -0.1) is 0 Å². The molecule has 0 amide bonds. The number of unbranched alkanes of at least 4 members (excludes halogenated alkanes) is 3. The van der Waals surface area contributed by atoms with Crippen LogP contribution in [0.3, 0.4) is 0 Å². The number of hydrogen-bond acceptors (Lipinski definition) is 0. The Morgan fingerprint density at radius 3 is 1.10 bits per heavy atom. The van der Waals surface area contributed by atoms with E-state index in [2.05, 4.69) is 95.2 Å². The van der Waals surface area contributed by atoms with Gasteiger partial charge in [0.05, 0.1) is 0 Å². The van der Waals surface area contributed by atoms with E-state index in [1.807, 2.05) is 0 Å². The standard InChI is InChI=1S/C17H29.3C4H9.Sn/c1-15(2,3)12-10-13(16(4,5)6)14(11-12)17(7,8)9;3*1-3-4-2;/h10-11H,1-9H3;3*1,3-4H2,2H3;. The van der Waals surface area contributed by atoms with E-state index in [9.17, 15) is 0 Å². The third-order valence-corrected chi connectivity index (χ3v) is 27.0. The second kappa shape index (κ2) is 10.5. The van der Waals surface area contributed by atoms with Crippen molar-refractivity contribution in [3.63, 3.8) is 0 Å². The molecule has 0 saturated heterocycles. The average molecular weight is 523 g/mol. The summed E-state index contributed by atoms with van der Waals surface area (Å²) >= 11 is -2.61. The summed E-state index contributed by atoms with van der Waals surface area (Å²) in [4.78, 5) is 0. The van der Waals surface area contributed by atoms with Gasteiger partial charge < -0.3 is 0 Å². The minimum atomic E-state index is -2.61. The van der Waals surface area contributed by atoms with Crippen molar-refractivity contribution >= 4 is 18.4 Å². The van der Waals surface area contributed by atoms with E-state index >= 15 is 0 Å². The van der Waals surface area contributed by atoms with Gasteiger partial charge in [0.15, 0.2) is 0 Å². The summed E-state index contributed by atoms with van der Waals surface area (Å²) in [6, 6.07) is 0. The SMILES string of the molecule is CCC[CH2][Sn]([CH2]CCC)([CH2]CCC)[C]1(C(C)(C)C)C=C(C(C)(C)C)C(C(C)(C)C)=C1. The Bertz CT molecular complexity index is 546. The van der Waals surface area contributed by atoms with Crippen molar-refractivity contribution < 1.29 is 0 Å². The Balaban J connectivity index is 3.92. The van der Waals surface area contributed by atoms with Crippen molar-refractivity contribution in [1.29, 1.82) is 0 Å². The van der Waals surface area contributed by atoms with Gasteiger partial charge in [0, 0.05) is 0 Å². The first-order valence-corrected chi connectivity index (χ1v) is 20.6. The van der Waals surface area contributed by atoms with Gasteiger partial charge in [0.1, 0.15) is 0 Å². The quantitative estimate of drug-likeness (QED) is 0.250. The molecule has 0 aliphatic heterocycles. The van der Waals surface area contributed by atoms with E-state index in [1.54, 1.807) is 24.5 Å². The number of hydrogen-bond donors (Lipinski definition) is 0. The van der Waals surface area contributed by atoms with E-state index in [1.165, 1.54) is 38.5 Å². The number of allylic oxidation sites excluding steroid dienone is 4. The molecule has 0 spiro atoms. The van der Waals surface area contributed by atoms with Crippen LogP contribution in [0.5, 0.6) is 0 Å². The van der Waals surface area contributed by atoms with E-state index in [4.69, 9.17) is 0 Å². The molecule has 0 radical (unpaired) electrons. The van der Waals surface area contributed by atoms with Gasteiger partial charge in [-0.25, -0.2) is 0 Å². The molecule has 0 unspecified atom stereocenters. The van der Waals surface area contributed by atoms with Gasteiger partial charge in [-0.3, -0.25) is 0 Å². The molecule has 0 aromatic carbocycles. The Morgan fingerprint density at radius 1 is 0.600 bits per heavy atom. The summed E-state index contributed by atoms with van der Waals surface area (Å²) in [5.41, 5.74) is 4.04. The molecular formula is C29H56Sn. The van der Waals surface area contributed by atoms with Crippen LogP contribution in [0.2, 0.25) is 16.7 Å². The Hall–Kier alpha value is 0.279. The molecular weight excluding hydrogens is 467 g/mol. The Morgan fingerprint density at radius 2 is 0.900 bits per heavy atom. The topological polar surface area (TPSA) is 0 Å². The fourth-order valence-corrected chi connectivity index (χ4v) is 27.6. The summed E-state index contributed by atoms with van der Waals surface area (Å²) in [6.45, 7) is 29.6. The van der Waals surface area contributed by atoms with E-state index in [0.29, 0.717) is 8.85 Å². The molecule has 0 aromatic heterocycles. The van der Waals surface area contributed by atoms with Gasteiger partial charge in [-0.2, -0.15) is 0 Å². The zero-order valence-electron chi connectivity index (χ0n) is 23.0. The van der Waals surface area contributed by atoms with Crippen LogP contribution in [0.25, 0.3) is 0 Å². The molecule has 30 heavy (non-hydrogen) atoms. The fraction of sp³-hybridized carbons (Fsp3) is 0.862. The molecule has 0 heterocycles. The maximum atomic E-state index is 2.89. The van der Waals surface area contributed by atoms with Crippen molar-refractivity contribution in [1.82, 2.24) is 0 Å². The van der Waals surface area contributed by atoms with E-state index in [-0.39, 0.29) is 10.8 Å². The first-order chi connectivity index (χ1) is 13.6. The van der Waals surface area contributed by atoms with Crippen molar-refractivity contribution in [3.05, 3.63) is 23.3 Å². The van der Waals surface area contributed by atoms with Crippen LogP contribution >= 0.6 is 0 Å². The molecule has 1 aliphatic carbocycles. The van der Waals surface area contributed by atoms with Crippen molar-refractivity contribution in [3.8, 4) is 0 Å². The van der Waals surface area contributed by atoms with Gasteiger partial charge in [0.2, 0.25) is 0 Å². The molecule has 0 fully saturated rings. The average Bonchev–Trinajstić information content (AvgIpc) is 3.05. The zero-order valence-corrected chi connectivity index (χ0v) is 25.9. The van der Waals surface area contributed by atoms with Crippen LogP contribution in [-0.2, 0) is 0 Å². The van der Waals surface area contributed by atoms with E-state index in [0.717, 1.165) is 0 Å². The van der Waals surface area contributed by atoms with Crippen LogP contribution in [0.4, 0.5) is 0 Å². The Labute approximate surface area is 195 Å². The number of rotatable bonds is 10. The minimum absolute atomic E-state index is 0.212. The first kappa shape index (κ1) is 28.3. The molecule has 0 saturated carbocycles. The predicted molar refractivity (Wildman–Crippen MR) is 142 cm³/mol. The van der Waals surface area contributed by atoms with E-state index < -0.39 is 18.4 Å². The van der Waals surface area contributed by atoms with Gasteiger partial charge in [-0.1, -0.05) is 0 Å². The first-order valence-electron chi connectivity index (χ1n) is 13.1. The Kier molecular flexibility index (Phi) is 9.89. The molecule has 1 heteroatoms. The molecule has 0 N–H and O–H groups in total. The molecule has 0 bridgehead atoms. The molecule has 0 atom stereocenters. The third kappa shape index (κ3) is 5.99. The van der Waals surface area contributed by atoms with Crippen molar-refractivity contribution in [2.24, 2.45) is 16.2 Å². The zero-order chi connectivity index (χ0) is 23.4. The second-order valence-corrected chi connectivity index (χ2v) is 27.3. The van der Waals surface area contributed by atoms with Gasteiger partial charge >= 0.3 is 196 Å². The van der Waals surface area contributed by atoms with Crippen LogP contribution in [-0.4, -0.2) is 18.4 Å². The normalized spacial score (nSPS) is 17.9. The van der Waals surface area contributed by atoms with Crippen LogP contribution < -0.4 is 0 Å². The van der Waals surface area contributed by atoms with Crippen LogP contribution in [0.1, 0.15) is 122 Å². The van der Waals surface area contributed by atoms with Crippen molar-refractivity contribution in [2.75, 3.05) is 0 Å². The summed E-state index contributed by atoms with van der Waals surface area (Å²) in [6.07, 6.45) is 14.2. The predicted octanol–water partition coefficient (Wildman–Crippen LogP) is 10.6. The van der Waals surface area contributed by atoms with Crippen LogP contribution in [0, 0.1) is 16.2 Å². The fourth-order valence-electron chi connectivity index (χ4n) is 5.97. The molecule has 176 valence electrons. The monoisotopic (exact) mass is 524 g/mol. The van der Waals surface area contributed by atoms with Gasteiger partial charge in [0.25, 0.3) is 0 Å². The summed E-state index contributed by atoms with van der Waals surface area (Å²) in [7, 11) is 0. The second-order valence-electron chi connectivity index (χ2n) is 13.3. The van der Waals surface area contributed by atoms with Gasteiger partial charge in [-0.05, 0) is 0 Å². The molecule has 0 aromatic rings. The summed E-state index contributed by atoms with van der Waals surface area (Å²) in [5.74, 6) is 0. The third-order valence-electron chi connectivity index (χ3n) is 7.80. The summed E-state index contributed by atoms with van der Waals surface area (Å²) < 4.78 is 5.06. The molecule has 1 rings (SSSR count). The molecule has 1 aliphatic rings. The van der Waals surface area contributed by atoms with Crippen LogP contribution in [0.15, 0.2) is 23.3 Å².